The number of aryl methyl sites for hydroxylation is 2. The second-order valence-electron chi connectivity index (χ2n) is 7.52. The van der Waals surface area contributed by atoms with Crippen LogP contribution in [0.2, 0.25) is 0 Å². The molecule has 1 fully saturated rings. The van der Waals surface area contributed by atoms with Crippen molar-refractivity contribution in [2.24, 2.45) is 0 Å². The molecule has 0 aliphatic carbocycles. The Kier molecular flexibility index (Phi) is 7.90. The highest BCUT2D eigenvalue weighted by Crippen LogP contribution is 2.28. The first-order chi connectivity index (χ1) is 15.0. The number of amides is 1. The number of rotatable bonds is 9. The molecule has 0 N–H and O–H groups in total. The van der Waals surface area contributed by atoms with Crippen LogP contribution in [-0.2, 0) is 22.4 Å². The molecule has 0 bridgehead atoms. The first kappa shape index (κ1) is 23.1. The molecule has 2 heterocycles. The van der Waals surface area contributed by atoms with Crippen molar-refractivity contribution < 1.29 is 23.8 Å². The summed E-state index contributed by atoms with van der Waals surface area (Å²) in [6.07, 6.45) is 3.66. The molecule has 1 aromatic heterocycles. The SMILES string of the molecule is CCCc1nc(C)sc1C(=O)N1CCC[C@H]1C(=O)OCCc1ccc(OC)c(OC)c1. The van der Waals surface area contributed by atoms with Crippen LogP contribution in [0.15, 0.2) is 18.2 Å². The monoisotopic (exact) mass is 446 g/mol. The summed E-state index contributed by atoms with van der Waals surface area (Å²) in [6.45, 7) is 4.78. The van der Waals surface area contributed by atoms with Crippen LogP contribution < -0.4 is 9.47 Å². The lowest BCUT2D eigenvalue weighted by Crippen LogP contribution is -2.41. The van der Waals surface area contributed by atoms with Gasteiger partial charge in [-0.3, -0.25) is 4.79 Å². The van der Waals surface area contributed by atoms with Crippen molar-refractivity contribution in [3.8, 4) is 11.5 Å². The predicted octanol–water partition coefficient (Wildman–Crippen LogP) is 3.81. The zero-order chi connectivity index (χ0) is 22.4. The van der Waals surface area contributed by atoms with E-state index in [1.807, 2.05) is 25.1 Å². The summed E-state index contributed by atoms with van der Waals surface area (Å²) in [5.74, 6) is 0.851. The van der Waals surface area contributed by atoms with Gasteiger partial charge in [-0.05, 0) is 43.9 Å². The van der Waals surface area contributed by atoms with Crippen LogP contribution in [-0.4, -0.2) is 55.2 Å². The van der Waals surface area contributed by atoms with E-state index in [-0.39, 0.29) is 18.5 Å². The number of nitrogens with zero attached hydrogens (tertiary/aromatic N) is 2. The number of carbonyl (C=O) groups is 2. The number of likely N-dealkylation sites (tertiary alicyclic amines) is 1. The third-order valence-electron chi connectivity index (χ3n) is 5.35. The van der Waals surface area contributed by atoms with E-state index in [4.69, 9.17) is 14.2 Å². The first-order valence-corrected chi connectivity index (χ1v) is 11.4. The number of thiazole rings is 1. The van der Waals surface area contributed by atoms with E-state index in [9.17, 15) is 9.59 Å². The number of esters is 1. The van der Waals surface area contributed by atoms with Crippen molar-refractivity contribution in [1.29, 1.82) is 0 Å². The molecular formula is C23H30N2O5S. The Bertz CT molecular complexity index is 927. The molecule has 0 radical (unpaired) electrons. The fourth-order valence-electron chi connectivity index (χ4n) is 3.83. The molecule has 0 spiro atoms. The highest BCUT2D eigenvalue weighted by molar-refractivity contribution is 7.13. The lowest BCUT2D eigenvalue weighted by atomic mass is 10.1. The minimum atomic E-state index is -0.533. The second-order valence-corrected chi connectivity index (χ2v) is 8.73. The lowest BCUT2D eigenvalue weighted by Gasteiger charge is -2.23. The Balaban J connectivity index is 1.61. The van der Waals surface area contributed by atoms with Crippen LogP contribution in [0.3, 0.4) is 0 Å². The fourth-order valence-corrected chi connectivity index (χ4v) is 4.75. The van der Waals surface area contributed by atoms with E-state index >= 15 is 0 Å². The molecule has 1 aliphatic rings. The van der Waals surface area contributed by atoms with Gasteiger partial charge in [0.25, 0.3) is 5.91 Å². The number of carbonyl (C=O) groups excluding carboxylic acids is 2. The second kappa shape index (κ2) is 10.6. The van der Waals surface area contributed by atoms with Crippen LogP contribution in [0.1, 0.15) is 52.1 Å². The Morgan fingerprint density at radius 1 is 1.19 bits per heavy atom. The van der Waals surface area contributed by atoms with Gasteiger partial charge in [0.15, 0.2) is 11.5 Å². The quantitative estimate of drug-likeness (QED) is 0.545. The number of hydrogen-bond acceptors (Lipinski definition) is 7. The van der Waals surface area contributed by atoms with Crippen molar-refractivity contribution in [2.45, 2.75) is 52.0 Å². The number of aromatic nitrogens is 1. The van der Waals surface area contributed by atoms with Gasteiger partial charge in [0.1, 0.15) is 10.9 Å². The maximum atomic E-state index is 13.2. The van der Waals surface area contributed by atoms with Crippen molar-refractivity contribution in [3.05, 3.63) is 39.3 Å². The maximum absolute atomic E-state index is 13.2. The summed E-state index contributed by atoms with van der Waals surface area (Å²) in [5, 5.41) is 0.875. The smallest absolute Gasteiger partial charge is 0.328 e. The average molecular weight is 447 g/mol. The van der Waals surface area contributed by atoms with E-state index in [0.717, 1.165) is 35.5 Å². The molecule has 1 aliphatic heterocycles. The third-order valence-corrected chi connectivity index (χ3v) is 6.36. The van der Waals surface area contributed by atoms with Gasteiger partial charge in [0.05, 0.1) is 31.5 Å². The number of ether oxygens (including phenoxy) is 3. The summed E-state index contributed by atoms with van der Waals surface area (Å²) in [7, 11) is 3.18. The number of hydrogen-bond donors (Lipinski definition) is 0. The summed E-state index contributed by atoms with van der Waals surface area (Å²) >= 11 is 1.41. The molecule has 1 amide bonds. The van der Waals surface area contributed by atoms with Crippen molar-refractivity contribution in [1.82, 2.24) is 9.88 Å². The van der Waals surface area contributed by atoms with Crippen LogP contribution in [0.25, 0.3) is 0 Å². The van der Waals surface area contributed by atoms with E-state index in [1.54, 1.807) is 19.1 Å². The fraction of sp³-hybridized carbons (Fsp3) is 0.522. The van der Waals surface area contributed by atoms with Crippen LogP contribution in [0.4, 0.5) is 0 Å². The summed E-state index contributed by atoms with van der Waals surface area (Å²) in [5.41, 5.74) is 1.82. The predicted molar refractivity (Wildman–Crippen MR) is 119 cm³/mol. The topological polar surface area (TPSA) is 78.0 Å². The van der Waals surface area contributed by atoms with Gasteiger partial charge in [-0.2, -0.15) is 0 Å². The average Bonchev–Trinajstić information content (AvgIpc) is 3.40. The van der Waals surface area contributed by atoms with Gasteiger partial charge >= 0.3 is 5.97 Å². The molecule has 31 heavy (non-hydrogen) atoms. The molecule has 2 aromatic rings. The van der Waals surface area contributed by atoms with Gasteiger partial charge in [0, 0.05) is 13.0 Å². The molecule has 8 heteroatoms. The zero-order valence-corrected chi connectivity index (χ0v) is 19.4. The number of benzene rings is 1. The Morgan fingerprint density at radius 3 is 2.68 bits per heavy atom. The first-order valence-electron chi connectivity index (χ1n) is 10.6. The van der Waals surface area contributed by atoms with E-state index in [0.29, 0.717) is 35.8 Å². The molecule has 0 unspecified atom stereocenters. The summed E-state index contributed by atoms with van der Waals surface area (Å²) < 4.78 is 16.1. The lowest BCUT2D eigenvalue weighted by molar-refractivity contribution is -0.148. The molecule has 1 atom stereocenters. The molecule has 0 saturated carbocycles. The van der Waals surface area contributed by atoms with Crippen LogP contribution in [0.5, 0.6) is 11.5 Å². The van der Waals surface area contributed by atoms with E-state index in [2.05, 4.69) is 11.9 Å². The Morgan fingerprint density at radius 2 is 1.97 bits per heavy atom. The molecular weight excluding hydrogens is 416 g/mol. The molecule has 1 saturated heterocycles. The van der Waals surface area contributed by atoms with Gasteiger partial charge in [0.2, 0.25) is 0 Å². The van der Waals surface area contributed by atoms with Gasteiger partial charge in [-0.1, -0.05) is 19.4 Å². The van der Waals surface area contributed by atoms with Crippen LogP contribution >= 0.6 is 11.3 Å². The normalized spacial score (nSPS) is 15.7. The Labute approximate surface area is 187 Å². The zero-order valence-electron chi connectivity index (χ0n) is 18.6. The van der Waals surface area contributed by atoms with E-state index < -0.39 is 6.04 Å². The third kappa shape index (κ3) is 5.36. The largest absolute Gasteiger partial charge is 0.493 e. The summed E-state index contributed by atoms with van der Waals surface area (Å²) in [6, 6.07) is 5.09. The minimum Gasteiger partial charge on any atom is -0.493 e. The molecule has 3 rings (SSSR count). The van der Waals surface area contributed by atoms with Crippen molar-refractivity contribution in [2.75, 3.05) is 27.4 Å². The molecule has 7 nitrogen and oxygen atoms in total. The number of methoxy groups -OCH3 is 2. The van der Waals surface area contributed by atoms with Crippen LogP contribution in [0, 0.1) is 6.92 Å². The van der Waals surface area contributed by atoms with Gasteiger partial charge in [-0.15, -0.1) is 11.3 Å². The van der Waals surface area contributed by atoms with Gasteiger partial charge < -0.3 is 19.1 Å². The van der Waals surface area contributed by atoms with Crippen molar-refractivity contribution >= 4 is 23.2 Å². The van der Waals surface area contributed by atoms with Crippen molar-refractivity contribution in [3.63, 3.8) is 0 Å². The maximum Gasteiger partial charge on any atom is 0.328 e. The highest BCUT2D eigenvalue weighted by Gasteiger charge is 2.37. The molecule has 1 aromatic carbocycles. The molecule has 168 valence electrons. The standard InChI is InChI=1S/C23H30N2O5S/c1-5-7-17-21(31-15(2)24-17)22(26)25-12-6-8-18(25)23(27)30-13-11-16-9-10-19(28-3)20(14-16)29-4/h9-10,14,18H,5-8,11-13H2,1-4H3/t18-/m0/s1. The van der Waals surface area contributed by atoms with Gasteiger partial charge in [-0.25, -0.2) is 9.78 Å². The minimum absolute atomic E-state index is 0.103. The Hall–Kier alpha value is -2.61. The summed E-state index contributed by atoms with van der Waals surface area (Å²) in [4.78, 5) is 32.7. The van der Waals surface area contributed by atoms with E-state index in [1.165, 1.54) is 11.3 Å². The highest BCUT2D eigenvalue weighted by atomic mass is 32.1.